The smallest absolute Gasteiger partial charge is 0.263 e. The molecule has 1 aliphatic rings. The van der Waals surface area contributed by atoms with Gasteiger partial charge in [0.05, 0.1) is 12.5 Å². The van der Waals surface area contributed by atoms with Crippen LogP contribution < -0.4 is 5.73 Å². The lowest BCUT2D eigenvalue weighted by molar-refractivity contribution is -0.0530. The molecule has 1 aliphatic heterocycles. The fourth-order valence-corrected chi connectivity index (χ4v) is 1.33. The molecular formula is C5H10N4O3S. The molecule has 0 aromatic heterocycles. The number of nitrogens with zero attached hydrogens (tertiary/aromatic N) is 3. The molecule has 0 bridgehead atoms. The van der Waals surface area contributed by atoms with E-state index in [0.29, 0.717) is 0 Å². The first-order valence-electron chi connectivity index (χ1n) is 3.35. The Morgan fingerprint density at radius 1 is 1.54 bits per heavy atom. The Morgan fingerprint density at radius 3 is 2.62 bits per heavy atom. The molecule has 7 nitrogen and oxygen atoms in total. The van der Waals surface area contributed by atoms with Gasteiger partial charge in [0.1, 0.15) is 0 Å². The van der Waals surface area contributed by atoms with E-state index in [4.69, 9.17) is 5.73 Å². The van der Waals surface area contributed by atoms with E-state index in [1.807, 2.05) is 0 Å². The highest BCUT2D eigenvalue weighted by atomic mass is 32.2. The van der Waals surface area contributed by atoms with Crippen LogP contribution in [0.25, 0.3) is 0 Å². The van der Waals surface area contributed by atoms with Crippen LogP contribution in [0.3, 0.4) is 0 Å². The molecule has 1 unspecified atom stereocenters. The molecule has 0 saturated carbocycles. The molecule has 1 rings (SSSR count). The topological polar surface area (TPSA) is 97.3 Å². The van der Waals surface area contributed by atoms with Crippen LogP contribution in [0.15, 0.2) is 10.1 Å². The first-order valence-corrected chi connectivity index (χ1v) is 5.16. The second-order valence-electron chi connectivity index (χ2n) is 2.51. The maximum absolute atomic E-state index is 10.8. The number of aliphatic imine (C=N–C) groups is 1. The summed E-state index contributed by atoms with van der Waals surface area (Å²) in [5.74, 6) is -1.76. The zero-order chi connectivity index (χ0) is 10.1. The van der Waals surface area contributed by atoms with Crippen LogP contribution in [0.1, 0.15) is 0 Å². The largest absolute Gasteiger partial charge is 0.329 e. The minimum absolute atomic E-state index is 0.892. The average molecular weight is 206 g/mol. The number of hydrogen-bond donors (Lipinski definition) is 1. The van der Waals surface area contributed by atoms with Crippen molar-refractivity contribution in [3.63, 3.8) is 0 Å². The van der Waals surface area contributed by atoms with Crippen molar-refractivity contribution in [1.29, 1.82) is 0 Å². The van der Waals surface area contributed by atoms with Crippen LogP contribution >= 0.6 is 0 Å². The van der Waals surface area contributed by atoms with Crippen LogP contribution in [-0.2, 0) is 14.3 Å². The summed E-state index contributed by atoms with van der Waals surface area (Å²) in [6.07, 6.45) is 3.53. The third-order valence-electron chi connectivity index (χ3n) is 1.30. The Balaban J connectivity index is 2.89. The third-order valence-corrected chi connectivity index (χ3v) is 1.85. The van der Waals surface area contributed by atoms with E-state index in [1.165, 1.54) is 19.5 Å². The summed E-state index contributed by atoms with van der Waals surface area (Å²) in [7, 11) is -2.21. The lowest BCUT2D eigenvalue weighted by Crippen LogP contribution is -2.55. The zero-order valence-corrected chi connectivity index (χ0v) is 8.02. The van der Waals surface area contributed by atoms with Crippen molar-refractivity contribution in [3.05, 3.63) is 0 Å². The van der Waals surface area contributed by atoms with Gasteiger partial charge in [-0.1, -0.05) is 0 Å². The van der Waals surface area contributed by atoms with E-state index in [1.54, 1.807) is 0 Å². The van der Waals surface area contributed by atoms with Gasteiger partial charge >= 0.3 is 5.97 Å². The quantitative estimate of drug-likeness (QED) is 0.439. The summed E-state index contributed by atoms with van der Waals surface area (Å²) in [4.78, 5) is 3.66. The van der Waals surface area contributed by atoms with Crippen molar-refractivity contribution < 1.29 is 12.6 Å². The van der Waals surface area contributed by atoms with E-state index in [2.05, 4.69) is 14.3 Å². The van der Waals surface area contributed by atoms with Gasteiger partial charge in [-0.05, 0) is 0 Å². The Bertz CT molecular complexity index is 349. The molecule has 0 saturated heterocycles. The predicted octanol–water partition coefficient (Wildman–Crippen LogP) is -1.47. The van der Waals surface area contributed by atoms with Crippen LogP contribution in [0.5, 0.6) is 0 Å². The van der Waals surface area contributed by atoms with Crippen molar-refractivity contribution in [2.45, 2.75) is 5.97 Å². The molecule has 13 heavy (non-hydrogen) atoms. The molecule has 0 amide bonds. The van der Waals surface area contributed by atoms with Crippen molar-refractivity contribution in [2.24, 2.45) is 15.8 Å². The highest BCUT2D eigenvalue weighted by molar-refractivity contribution is 7.86. The molecule has 1 heterocycles. The van der Waals surface area contributed by atoms with Gasteiger partial charge in [0, 0.05) is 13.3 Å². The van der Waals surface area contributed by atoms with E-state index in [9.17, 15) is 8.42 Å². The second kappa shape index (κ2) is 3.05. The maximum atomic E-state index is 10.8. The Hall–Kier alpha value is -0.990. The van der Waals surface area contributed by atoms with E-state index < -0.39 is 16.1 Å². The van der Waals surface area contributed by atoms with Gasteiger partial charge < -0.3 is 0 Å². The lowest BCUT2D eigenvalue weighted by atomic mass is 10.6. The minimum Gasteiger partial charge on any atom is -0.263 e. The first kappa shape index (κ1) is 10.1. The number of hydrogen-bond acceptors (Lipinski definition) is 7. The summed E-state index contributed by atoms with van der Waals surface area (Å²) in [6.45, 7) is 0. The molecule has 0 spiro atoms. The molecule has 8 heteroatoms. The van der Waals surface area contributed by atoms with Crippen LogP contribution in [0.4, 0.5) is 0 Å². The molecule has 0 aromatic carbocycles. The monoisotopic (exact) mass is 206 g/mol. The maximum Gasteiger partial charge on any atom is 0.329 e. The number of hydrazone groups is 1. The predicted molar refractivity (Wildman–Crippen MR) is 47.6 cm³/mol. The van der Waals surface area contributed by atoms with Gasteiger partial charge in [0.15, 0.2) is 0 Å². The van der Waals surface area contributed by atoms with Gasteiger partial charge in [-0.25, -0.2) is 14.2 Å². The summed E-state index contributed by atoms with van der Waals surface area (Å²) in [5.41, 5.74) is 5.50. The zero-order valence-electron chi connectivity index (χ0n) is 7.21. The van der Waals surface area contributed by atoms with Gasteiger partial charge in [-0.3, -0.25) is 5.73 Å². The average Bonchev–Trinajstić information content (AvgIpc) is 1.92. The Labute approximate surface area is 76.0 Å². The van der Waals surface area contributed by atoms with Crippen molar-refractivity contribution in [1.82, 2.24) is 5.01 Å². The summed E-state index contributed by atoms with van der Waals surface area (Å²) >= 11 is 0. The van der Waals surface area contributed by atoms with Crippen molar-refractivity contribution in [3.8, 4) is 0 Å². The number of rotatable bonds is 2. The first-order chi connectivity index (χ1) is 5.83. The fourth-order valence-electron chi connectivity index (χ4n) is 0.734. The van der Waals surface area contributed by atoms with Crippen molar-refractivity contribution in [2.75, 3.05) is 13.3 Å². The number of nitrogens with two attached hydrogens (primary N) is 1. The van der Waals surface area contributed by atoms with Gasteiger partial charge in [-0.2, -0.15) is 13.5 Å². The van der Waals surface area contributed by atoms with Gasteiger partial charge in [0.25, 0.3) is 10.1 Å². The molecule has 0 aromatic rings. The lowest BCUT2D eigenvalue weighted by Gasteiger charge is -2.31. The minimum atomic E-state index is -3.67. The highest BCUT2D eigenvalue weighted by Crippen LogP contribution is 2.14. The van der Waals surface area contributed by atoms with Crippen molar-refractivity contribution >= 4 is 22.5 Å². The van der Waals surface area contributed by atoms with E-state index in [-0.39, 0.29) is 0 Å². The van der Waals surface area contributed by atoms with E-state index >= 15 is 0 Å². The van der Waals surface area contributed by atoms with Crippen LogP contribution in [-0.4, -0.2) is 45.1 Å². The molecule has 74 valence electrons. The standard InChI is InChI=1S/C5H10N4O3S/c1-9-5(6,7-3-4-8-9)12-13(2,10)11/h3-4H,6H2,1-2H3. The summed E-state index contributed by atoms with van der Waals surface area (Å²) in [5, 5.41) is 4.82. The summed E-state index contributed by atoms with van der Waals surface area (Å²) < 4.78 is 26.1. The molecular weight excluding hydrogens is 196 g/mol. The molecule has 0 fully saturated rings. The van der Waals surface area contributed by atoms with E-state index in [0.717, 1.165) is 11.3 Å². The second-order valence-corrected chi connectivity index (χ2v) is 4.09. The normalized spacial score (nSPS) is 28.1. The third kappa shape index (κ3) is 2.47. The molecule has 0 radical (unpaired) electrons. The molecule has 1 atom stereocenters. The fraction of sp³-hybridized carbons (Fsp3) is 0.600. The van der Waals surface area contributed by atoms with Gasteiger partial charge in [-0.15, -0.1) is 0 Å². The summed E-state index contributed by atoms with van der Waals surface area (Å²) in [6, 6.07) is 0. The van der Waals surface area contributed by atoms with Crippen LogP contribution in [0.2, 0.25) is 0 Å². The van der Waals surface area contributed by atoms with Crippen LogP contribution in [0, 0.1) is 0 Å². The molecule has 2 N–H and O–H groups in total. The Morgan fingerprint density at radius 2 is 2.15 bits per heavy atom. The molecule has 0 aliphatic carbocycles. The highest BCUT2D eigenvalue weighted by Gasteiger charge is 2.35. The van der Waals surface area contributed by atoms with Gasteiger partial charge in [0.2, 0.25) is 0 Å². The Kier molecular flexibility index (Phi) is 2.37. The SMILES string of the molecule is CN1N=CC=NC1(N)OS(C)(=O)=O.